The van der Waals surface area contributed by atoms with Gasteiger partial charge in [-0.25, -0.2) is 4.79 Å². The van der Waals surface area contributed by atoms with Crippen molar-refractivity contribution in [3.63, 3.8) is 0 Å². The van der Waals surface area contributed by atoms with Gasteiger partial charge < -0.3 is 26.6 Å². The second-order valence-electron chi connectivity index (χ2n) is 11.0. The topological polar surface area (TPSA) is 103 Å². The van der Waals surface area contributed by atoms with Crippen LogP contribution in [0.15, 0.2) is 78.9 Å². The number of anilines is 2. The number of urea groups is 1. The van der Waals surface area contributed by atoms with Crippen LogP contribution in [0.5, 0.6) is 0 Å². The van der Waals surface area contributed by atoms with E-state index < -0.39 is 0 Å². The van der Waals surface area contributed by atoms with Gasteiger partial charge in [-0.15, -0.1) is 0 Å². The van der Waals surface area contributed by atoms with Gasteiger partial charge in [-0.2, -0.15) is 0 Å². The Labute approximate surface area is 243 Å². The number of carbonyl (C=O) groups is 2. The first-order valence-electron chi connectivity index (χ1n) is 14.9. The Kier molecular flexibility index (Phi) is 9.88. The number of benzene rings is 3. The van der Waals surface area contributed by atoms with Crippen LogP contribution in [0.1, 0.15) is 59.6 Å². The highest BCUT2D eigenvalue weighted by Crippen LogP contribution is 2.33. The predicted molar refractivity (Wildman–Crippen MR) is 165 cm³/mol. The minimum Gasteiger partial charge on any atom is -0.367 e. The minimum atomic E-state index is -0.218. The maximum Gasteiger partial charge on any atom is 0.319 e. The van der Waals surface area contributed by atoms with Gasteiger partial charge in [0.2, 0.25) is 0 Å². The maximum atomic E-state index is 13.1. The zero-order valence-electron chi connectivity index (χ0n) is 23.7. The number of rotatable bonds is 9. The molecule has 0 aromatic heterocycles. The van der Waals surface area contributed by atoms with Gasteiger partial charge in [0.05, 0.1) is 17.4 Å². The molecule has 2 fully saturated rings. The molecule has 41 heavy (non-hydrogen) atoms. The van der Waals surface area contributed by atoms with Crippen molar-refractivity contribution in [3.05, 3.63) is 95.6 Å². The molecule has 1 aliphatic heterocycles. The largest absolute Gasteiger partial charge is 0.367 e. The van der Waals surface area contributed by atoms with Crippen molar-refractivity contribution in [2.24, 2.45) is 5.73 Å². The summed E-state index contributed by atoms with van der Waals surface area (Å²) >= 11 is 0. The van der Waals surface area contributed by atoms with Crippen LogP contribution in [-0.4, -0.2) is 62.1 Å². The lowest BCUT2D eigenvalue weighted by Gasteiger charge is -2.41. The van der Waals surface area contributed by atoms with Crippen LogP contribution in [-0.2, 0) is 0 Å². The number of piperazine rings is 1. The van der Waals surface area contributed by atoms with E-state index in [0.29, 0.717) is 24.3 Å². The van der Waals surface area contributed by atoms with Crippen LogP contribution in [0.2, 0.25) is 0 Å². The molecule has 1 saturated carbocycles. The molecular weight excluding hydrogens is 512 g/mol. The maximum absolute atomic E-state index is 13.1. The Morgan fingerprint density at radius 1 is 0.829 bits per heavy atom. The van der Waals surface area contributed by atoms with Gasteiger partial charge in [0.15, 0.2) is 0 Å². The van der Waals surface area contributed by atoms with Gasteiger partial charge in [-0.3, -0.25) is 9.69 Å². The van der Waals surface area contributed by atoms with E-state index in [1.807, 2.05) is 12.1 Å². The fourth-order valence-electron chi connectivity index (χ4n) is 6.04. The predicted octanol–water partition coefficient (Wildman–Crippen LogP) is 4.74. The van der Waals surface area contributed by atoms with E-state index in [1.165, 1.54) is 17.5 Å². The zero-order valence-corrected chi connectivity index (χ0v) is 23.7. The van der Waals surface area contributed by atoms with Crippen molar-refractivity contribution in [1.82, 2.24) is 15.5 Å². The molecule has 8 heteroatoms. The van der Waals surface area contributed by atoms with Crippen LogP contribution >= 0.6 is 0 Å². The van der Waals surface area contributed by atoms with E-state index in [4.69, 9.17) is 5.73 Å². The number of nitrogens with zero attached hydrogens (tertiary/aromatic N) is 2. The molecule has 8 nitrogen and oxygen atoms in total. The first kappa shape index (κ1) is 28.6. The number of hydrogen-bond acceptors (Lipinski definition) is 5. The van der Waals surface area contributed by atoms with Gasteiger partial charge in [-0.05, 0) is 42.2 Å². The summed E-state index contributed by atoms with van der Waals surface area (Å²) in [4.78, 5) is 30.6. The third-order valence-electron chi connectivity index (χ3n) is 8.13. The highest BCUT2D eigenvalue weighted by atomic mass is 16.2. The standard InChI is InChI=1S/C33H42N6O2/c34-18-19-35-32(40)27-16-17-30(29(24-27)37-33(41)36-28-14-8-3-9-15-28)38-20-22-39(23-21-38)31(25-10-4-1-5-11-25)26-12-6-2-7-13-26/h1-2,4-7,10-13,16-17,24,28,31H,3,8-9,14-15,18-23,34H2,(H,35,40)(H2,36,37,41). The molecule has 3 amide bonds. The van der Waals surface area contributed by atoms with Gasteiger partial charge in [0.25, 0.3) is 5.91 Å². The molecular formula is C33H42N6O2. The van der Waals surface area contributed by atoms with Crippen LogP contribution in [0.4, 0.5) is 16.2 Å². The van der Waals surface area contributed by atoms with Crippen molar-refractivity contribution in [3.8, 4) is 0 Å². The summed E-state index contributed by atoms with van der Waals surface area (Å²) in [6.07, 6.45) is 5.53. The highest BCUT2D eigenvalue weighted by molar-refractivity contribution is 5.99. The van der Waals surface area contributed by atoms with Crippen molar-refractivity contribution < 1.29 is 9.59 Å². The van der Waals surface area contributed by atoms with Crippen molar-refractivity contribution in [2.45, 2.75) is 44.2 Å². The van der Waals surface area contributed by atoms with E-state index in [1.54, 1.807) is 6.07 Å². The lowest BCUT2D eigenvalue weighted by molar-refractivity contribution is 0.0954. The monoisotopic (exact) mass is 554 g/mol. The third kappa shape index (κ3) is 7.45. The Hall–Kier alpha value is -3.88. The van der Waals surface area contributed by atoms with Crippen LogP contribution in [0, 0.1) is 0 Å². The molecule has 3 aromatic rings. The lowest BCUT2D eigenvalue weighted by atomic mass is 9.96. The first-order valence-corrected chi connectivity index (χ1v) is 14.9. The number of nitrogens with two attached hydrogens (primary N) is 1. The van der Waals surface area contributed by atoms with Gasteiger partial charge in [-0.1, -0.05) is 79.9 Å². The molecule has 0 atom stereocenters. The van der Waals surface area contributed by atoms with E-state index >= 15 is 0 Å². The number of nitrogens with one attached hydrogen (secondary N) is 3. The normalized spacial score (nSPS) is 16.4. The molecule has 0 spiro atoms. The highest BCUT2D eigenvalue weighted by Gasteiger charge is 2.28. The summed E-state index contributed by atoms with van der Waals surface area (Å²) in [5.41, 5.74) is 10.2. The molecule has 0 unspecified atom stereocenters. The SMILES string of the molecule is NCCNC(=O)c1ccc(N2CCN(C(c3ccccc3)c3ccccc3)CC2)c(NC(=O)NC2CCCCC2)c1. The van der Waals surface area contributed by atoms with Gasteiger partial charge in [0.1, 0.15) is 0 Å². The van der Waals surface area contributed by atoms with Crippen LogP contribution in [0.3, 0.4) is 0 Å². The Morgan fingerprint density at radius 2 is 1.46 bits per heavy atom. The molecule has 2 aliphatic rings. The van der Waals surface area contributed by atoms with E-state index in [2.05, 4.69) is 86.4 Å². The summed E-state index contributed by atoms with van der Waals surface area (Å²) in [7, 11) is 0. The van der Waals surface area contributed by atoms with Gasteiger partial charge in [0, 0.05) is 50.9 Å². The second-order valence-corrected chi connectivity index (χ2v) is 11.0. The van der Waals surface area contributed by atoms with Crippen molar-refractivity contribution in [2.75, 3.05) is 49.5 Å². The molecule has 0 radical (unpaired) electrons. The molecule has 0 bridgehead atoms. The molecule has 1 saturated heterocycles. The summed E-state index contributed by atoms with van der Waals surface area (Å²) < 4.78 is 0. The fourth-order valence-corrected chi connectivity index (χ4v) is 6.04. The van der Waals surface area contributed by atoms with Crippen LogP contribution < -0.4 is 26.6 Å². The van der Waals surface area contributed by atoms with E-state index in [0.717, 1.165) is 57.5 Å². The van der Waals surface area contributed by atoms with E-state index in [-0.39, 0.29) is 24.0 Å². The summed E-state index contributed by atoms with van der Waals surface area (Å²) in [5, 5.41) is 9.06. The molecule has 5 rings (SSSR count). The average Bonchev–Trinajstić information content (AvgIpc) is 3.02. The molecule has 3 aromatic carbocycles. The molecule has 5 N–H and O–H groups in total. The first-order chi connectivity index (χ1) is 20.1. The molecule has 216 valence electrons. The molecule has 1 heterocycles. The second kappa shape index (κ2) is 14.1. The quantitative estimate of drug-likeness (QED) is 0.306. The van der Waals surface area contributed by atoms with Crippen LogP contribution in [0.25, 0.3) is 0 Å². The fraction of sp³-hybridized carbons (Fsp3) is 0.394. The minimum absolute atomic E-state index is 0.173. The lowest BCUT2D eigenvalue weighted by Crippen LogP contribution is -2.48. The van der Waals surface area contributed by atoms with Crippen molar-refractivity contribution in [1.29, 1.82) is 0 Å². The number of amides is 3. The summed E-state index contributed by atoms with van der Waals surface area (Å²) in [6.45, 7) is 4.09. The number of hydrogen-bond donors (Lipinski definition) is 4. The number of carbonyl (C=O) groups excluding carboxylic acids is 2. The Bertz CT molecular complexity index is 1230. The molecule has 1 aliphatic carbocycles. The zero-order chi connectivity index (χ0) is 28.4. The summed E-state index contributed by atoms with van der Waals surface area (Å²) in [5.74, 6) is -0.198. The average molecular weight is 555 g/mol. The Morgan fingerprint density at radius 3 is 2.07 bits per heavy atom. The smallest absolute Gasteiger partial charge is 0.319 e. The third-order valence-corrected chi connectivity index (χ3v) is 8.13. The summed E-state index contributed by atoms with van der Waals surface area (Å²) in [6, 6.07) is 27.0. The van der Waals surface area contributed by atoms with E-state index in [9.17, 15) is 9.59 Å². The Balaban J connectivity index is 1.34. The van der Waals surface area contributed by atoms with Crippen molar-refractivity contribution >= 4 is 23.3 Å². The van der Waals surface area contributed by atoms with Gasteiger partial charge >= 0.3 is 6.03 Å².